The van der Waals surface area contributed by atoms with E-state index in [1.807, 2.05) is 53.6 Å². The van der Waals surface area contributed by atoms with Gasteiger partial charge in [0.25, 0.3) is 0 Å². The van der Waals surface area contributed by atoms with Crippen molar-refractivity contribution in [3.05, 3.63) is 71.4 Å². The molecule has 5 nitrogen and oxygen atoms in total. The second-order valence-electron chi connectivity index (χ2n) is 6.79. The summed E-state index contributed by atoms with van der Waals surface area (Å²) >= 11 is 7.54. The van der Waals surface area contributed by atoms with Gasteiger partial charge in [-0.15, -0.1) is 0 Å². The highest BCUT2D eigenvalue weighted by molar-refractivity contribution is 7.99. The average Bonchev–Trinajstić information content (AvgIpc) is 3.16. The van der Waals surface area contributed by atoms with Gasteiger partial charge in [-0.25, -0.2) is 4.98 Å². The molecule has 0 N–H and O–H groups in total. The number of benzene rings is 2. The molecule has 0 spiro atoms. The van der Waals surface area contributed by atoms with Crippen LogP contribution in [0.25, 0.3) is 11.3 Å². The number of halogens is 1. The van der Waals surface area contributed by atoms with Crippen LogP contribution in [-0.2, 0) is 16.1 Å². The number of aromatic nitrogens is 2. The van der Waals surface area contributed by atoms with Crippen LogP contribution < -0.4 is 0 Å². The Balaban J connectivity index is 1.57. The zero-order valence-electron chi connectivity index (χ0n) is 16.0. The molecule has 0 unspecified atom stereocenters. The molecular weight excluding hydrogens is 406 g/mol. The Morgan fingerprint density at radius 3 is 2.52 bits per heavy atom. The Morgan fingerprint density at radius 1 is 1.07 bits per heavy atom. The first-order valence-corrected chi connectivity index (χ1v) is 10.9. The van der Waals surface area contributed by atoms with Crippen LogP contribution in [0.2, 0.25) is 5.02 Å². The molecule has 0 aliphatic carbocycles. The summed E-state index contributed by atoms with van der Waals surface area (Å²) in [5.41, 5.74) is 3.23. The summed E-state index contributed by atoms with van der Waals surface area (Å²) in [6.45, 7) is 3.23. The molecule has 4 rings (SSSR count). The summed E-state index contributed by atoms with van der Waals surface area (Å²) in [5.74, 6) is 0.492. The number of amides is 1. The van der Waals surface area contributed by atoms with Crippen molar-refractivity contribution < 1.29 is 9.53 Å². The van der Waals surface area contributed by atoms with Crippen molar-refractivity contribution in [3.8, 4) is 11.3 Å². The molecule has 1 fully saturated rings. The molecule has 0 bridgehead atoms. The number of nitrogens with zero attached hydrogens (tertiary/aromatic N) is 3. The van der Waals surface area contributed by atoms with Crippen molar-refractivity contribution >= 4 is 29.3 Å². The zero-order chi connectivity index (χ0) is 20.1. The van der Waals surface area contributed by atoms with Gasteiger partial charge in [0.2, 0.25) is 5.91 Å². The second kappa shape index (κ2) is 9.48. The van der Waals surface area contributed by atoms with Crippen LogP contribution in [-0.4, -0.2) is 52.4 Å². The Labute approximate surface area is 179 Å². The van der Waals surface area contributed by atoms with E-state index in [1.54, 1.807) is 0 Å². The first kappa shape index (κ1) is 20.0. The van der Waals surface area contributed by atoms with Crippen molar-refractivity contribution in [1.29, 1.82) is 0 Å². The lowest BCUT2D eigenvalue weighted by Gasteiger charge is -2.26. The molecule has 2 heterocycles. The minimum absolute atomic E-state index is 0.126. The molecule has 0 atom stereocenters. The number of ether oxygens (including phenoxy) is 1. The number of carbonyl (C=O) groups is 1. The minimum atomic E-state index is 0.126. The van der Waals surface area contributed by atoms with E-state index in [4.69, 9.17) is 16.3 Å². The molecule has 0 saturated carbocycles. The summed E-state index contributed by atoms with van der Waals surface area (Å²) < 4.78 is 7.49. The molecule has 1 aromatic heterocycles. The maximum Gasteiger partial charge on any atom is 0.233 e. The number of thioether (sulfide) groups is 1. The molecule has 1 aliphatic rings. The predicted molar refractivity (Wildman–Crippen MR) is 116 cm³/mol. The fourth-order valence-corrected chi connectivity index (χ4v) is 4.28. The summed E-state index contributed by atoms with van der Waals surface area (Å²) in [6.07, 6.45) is 1.87. The van der Waals surface area contributed by atoms with Crippen LogP contribution in [0.3, 0.4) is 0 Å². The number of hydrogen-bond acceptors (Lipinski definition) is 4. The van der Waals surface area contributed by atoms with E-state index in [-0.39, 0.29) is 5.91 Å². The van der Waals surface area contributed by atoms with E-state index >= 15 is 0 Å². The van der Waals surface area contributed by atoms with Crippen molar-refractivity contribution in [3.63, 3.8) is 0 Å². The van der Waals surface area contributed by atoms with Gasteiger partial charge in [-0.1, -0.05) is 65.8 Å². The van der Waals surface area contributed by atoms with Crippen molar-refractivity contribution in [2.24, 2.45) is 0 Å². The van der Waals surface area contributed by atoms with Gasteiger partial charge in [-0.3, -0.25) is 4.79 Å². The first-order chi connectivity index (χ1) is 14.2. The summed E-state index contributed by atoms with van der Waals surface area (Å²) in [7, 11) is 0. The van der Waals surface area contributed by atoms with Gasteiger partial charge >= 0.3 is 0 Å². The third-order valence-electron chi connectivity index (χ3n) is 4.83. The minimum Gasteiger partial charge on any atom is -0.378 e. The van der Waals surface area contributed by atoms with E-state index in [0.717, 1.165) is 16.4 Å². The van der Waals surface area contributed by atoms with Crippen LogP contribution in [0.1, 0.15) is 5.56 Å². The lowest BCUT2D eigenvalue weighted by molar-refractivity contribution is -0.132. The molecule has 3 aromatic rings. The van der Waals surface area contributed by atoms with E-state index in [0.29, 0.717) is 43.6 Å². The second-order valence-corrected chi connectivity index (χ2v) is 8.17. The summed E-state index contributed by atoms with van der Waals surface area (Å²) in [5, 5.41) is 1.54. The third-order valence-corrected chi connectivity index (χ3v) is 6.06. The highest BCUT2D eigenvalue weighted by Crippen LogP contribution is 2.28. The fourth-order valence-electron chi connectivity index (χ4n) is 3.27. The Hall–Kier alpha value is -2.28. The Morgan fingerprint density at radius 2 is 1.79 bits per heavy atom. The van der Waals surface area contributed by atoms with Gasteiger partial charge in [0.15, 0.2) is 5.16 Å². The largest absolute Gasteiger partial charge is 0.378 e. The quantitative estimate of drug-likeness (QED) is 0.553. The topological polar surface area (TPSA) is 47.4 Å². The number of carbonyl (C=O) groups excluding carboxylic acids is 1. The Bertz CT molecular complexity index is 954. The molecule has 7 heteroatoms. The van der Waals surface area contributed by atoms with Crippen LogP contribution >= 0.6 is 23.4 Å². The maximum atomic E-state index is 12.6. The molecule has 0 radical (unpaired) electrons. The SMILES string of the molecule is O=C(CSc1ncc(-c2ccc(Cl)cc2)n1Cc1ccccc1)N1CCOCC1. The van der Waals surface area contributed by atoms with Crippen LogP contribution in [0.5, 0.6) is 0 Å². The van der Waals surface area contributed by atoms with E-state index in [1.165, 1.54) is 17.3 Å². The monoisotopic (exact) mass is 427 g/mol. The van der Waals surface area contributed by atoms with Gasteiger partial charge in [0.05, 0.1) is 37.4 Å². The number of morpholine rings is 1. The molecule has 150 valence electrons. The molecular formula is C22H22ClN3O2S. The van der Waals surface area contributed by atoms with Crippen molar-refractivity contribution in [1.82, 2.24) is 14.5 Å². The standard InChI is InChI=1S/C22H22ClN3O2S/c23-19-8-6-18(7-9-19)20-14-24-22(26(20)15-17-4-2-1-3-5-17)29-16-21(27)25-10-12-28-13-11-25/h1-9,14H,10-13,15-16H2. The van der Waals surface area contributed by atoms with Crippen molar-refractivity contribution in [2.45, 2.75) is 11.7 Å². The molecule has 1 aliphatic heterocycles. The highest BCUT2D eigenvalue weighted by atomic mass is 35.5. The van der Waals surface area contributed by atoms with Crippen molar-refractivity contribution in [2.75, 3.05) is 32.1 Å². The van der Waals surface area contributed by atoms with Crippen LogP contribution in [0.4, 0.5) is 0 Å². The smallest absolute Gasteiger partial charge is 0.233 e. The van der Waals surface area contributed by atoms with E-state index in [9.17, 15) is 4.79 Å². The fraction of sp³-hybridized carbons (Fsp3) is 0.273. The highest BCUT2D eigenvalue weighted by Gasteiger charge is 2.19. The van der Waals surface area contributed by atoms with Crippen LogP contribution in [0, 0.1) is 0 Å². The molecule has 2 aromatic carbocycles. The molecule has 29 heavy (non-hydrogen) atoms. The molecule has 1 saturated heterocycles. The molecule has 1 amide bonds. The number of imidazole rings is 1. The first-order valence-electron chi connectivity index (χ1n) is 9.54. The zero-order valence-corrected chi connectivity index (χ0v) is 17.5. The predicted octanol–water partition coefficient (Wildman–Crippen LogP) is 4.20. The lowest BCUT2D eigenvalue weighted by atomic mass is 10.1. The summed E-state index contributed by atoms with van der Waals surface area (Å²) in [6, 6.07) is 18.0. The lowest BCUT2D eigenvalue weighted by Crippen LogP contribution is -2.41. The van der Waals surface area contributed by atoms with Gasteiger partial charge in [-0.2, -0.15) is 0 Å². The van der Waals surface area contributed by atoms with E-state index < -0.39 is 0 Å². The van der Waals surface area contributed by atoms with Gasteiger partial charge in [0, 0.05) is 18.1 Å². The van der Waals surface area contributed by atoms with E-state index in [2.05, 4.69) is 21.7 Å². The maximum absolute atomic E-state index is 12.6. The van der Waals surface area contributed by atoms with Gasteiger partial charge < -0.3 is 14.2 Å². The third kappa shape index (κ3) is 5.01. The van der Waals surface area contributed by atoms with Gasteiger partial charge in [0.1, 0.15) is 0 Å². The number of rotatable bonds is 6. The average molecular weight is 428 g/mol. The van der Waals surface area contributed by atoms with Gasteiger partial charge in [-0.05, 0) is 23.3 Å². The number of hydrogen-bond donors (Lipinski definition) is 0. The Kier molecular flexibility index (Phi) is 6.54. The van der Waals surface area contributed by atoms with Crippen LogP contribution in [0.15, 0.2) is 66.0 Å². The normalized spacial score (nSPS) is 14.2. The summed E-state index contributed by atoms with van der Waals surface area (Å²) in [4.78, 5) is 19.0.